The first kappa shape index (κ1) is 19.2. The zero-order valence-electron chi connectivity index (χ0n) is 16.2. The molecule has 0 spiro atoms. The largest absolute Gasteiger partial charge is 0.491 e. The SMILES string of the molecule is CN=C(NCCOc1ccccc1-c1ccccc1)N(C)CC1CCOC1. The number of para-hydroxylation sites is 1. The van der Waals surface area contributed by atoms with E-state index < -0.39 is 0 Å². The topological polar surface area (TPSA) is 46.1 Å². The summed E-state index contributed by atoms with van der Waals surface area (Å²) in [5, 5.41) is 3.38. The Kier molecular flexibility index (Phi) is 7.11. The fourth-order valence-corrected chi connectivity index (χ4v) is 3.36. The van der Waals surface area contributed by atoms with Crippen molar-refractivity contribution in [3.63, 3.8) is 0 Å². The van der Waals surface area contributed by atoms with E-state index in [2.05, 4.69) is 40.5 Å². The van der Waals surface area contributed by atoms with E-state index in [9.17, 15) is 0 Å². The Hall–Kier alpha value is -2.53. The summed E-state index contributed by atoms with van der Waals surface area (Å²) in [6.07, 6.45) is 1.13. The fourth-order valence-electron chi connectivity index (χ4n) is 3.36. The van der Waals surface area contributed by atoms with E-state index in [1.54, 1.807) is 0 Å². The van der Waals surface area contributed by atoms with Crippen molar-refractivity contribution < 1.29 is 9.47 Å². The molecule has 1 atom stereocenters. The van der Waals surface area contributed by atoms with Crippen molar-refractivity contribution in [2.75, 3.05) is 47.0 Å². The van der Waals surface area contributed by atoms with Crippen LogP contribution in [-0.2, 0) is 4.74 Å². The summed E-state index contributed by atoms with van der Waals surface area (Å²) in [6, 6.07) is 18.5. The summed E-state index contributed by atoms with van der Waals surface area (Å²) >= 11 is 0. The highest BCUT2D eigenvalue weighted by molar-refractivity contribution is 5.79. The fraction of sp³-hybridized carbons (Fsp3) is 0.409. The average Bonchev–Trinajstić information content (AvgIpc) is 3.22. The number of hydrogen-bond acceptors (Lipinski definition) is 3. The van der Waals surface area contributed by atoms with E-state index in [1.165, 1.54) is 0 Å². The van der Waals surface area contributed by atoms with E-state index in [0.717, 1.165) is 49.0 Å². The molecule has 3 rings (SSSR count). The van der Waals surface area contributed by atoms with Crippen LogP contribution in [0.3, 0.4) is 0 Å². The van der Waals surface area contributed by atoms with Crippen molar-refractivity contribution in [2.45, 2.75) is 6.42 Å². The Morgan fingerprint density at radius 3 is 2.70 bits per heavy atom. The highest BCUT2D eigenvalue weighted by Gasteiger charge is 2.18. The summed E-state index contributed by atoms with van der Waals surface area (Å²) in [5.41, 5.74) is 2.27. The lowest BCUT2D eigenvalue weighted by Crippen LogP contribution is -2.42. The molecule has 27 heavy (non-hydrogen) atoms. The molecular formula is C22H29N3O2. The van der Waals surface area contributed by atoms with E-state index in [4.69, 9.17) is 9.47 Å². The van der Waals surface area contributed by atoms with Gasteiger partial charge in [-0.1, -0.05) is 48.5 Å². The first-order chi connectivity index (χ1) is 13.3. The number of guanidine groups is 1. The van der Waals surface area contributed by atoms with E-state index in [1.807, 2.05) is 43.4 Å². The van der Waals surface area contributed by atoms with Gasteiger partial charge in [-0.15, -0.1) is 0 Å². The third-order valence-corrected chi connectivity index (χ3v) is 4.74. The Morgan fingerprint density at radius 1 is 1.19 bits per heavy atom. The second-order valence-corrected chi connectivity index (χ2v) is 6.79. The second-order valence-electron chi connectivity index (χ2n) is 6.79. The van der Waals surface area contributed by atoms with Gasteiger partial charge in [-0.25, -0.2) is 0 Å². The number of hydrogen-bond donors (Lipinski definition) is 1. The predicted octanol–water partition coefficient (Wildman–Crippen LogP) is 3.28. The van der Waals surface area contributed by atoms with Gasteiger partial charge in [-0.3, -0.25) is 4.99 Å². The van der Waals surface area contributed by atoms with Crippen LogP contribution in [0.5, 0.6) is 5.75 Å². The molecule has 0 aliphatic carbocycles. The first-order valence-electron chi connectivity index (χ1n) is 9.54. The Balaban J connectivity index is 1.50. The molecule has 0 amide bonds. The molecule has 5 heteroatoms. The maximum Gasteiger partial charge on any atom is 0.193 e. The molecule has 1 aliphatic heterocycles. The lowest BCUT2D eigenvalue weighted by molar-refractivity contribution is 0.181. The second kappa shape index (κ2) is 9.97. The molecule has 5 nitrogen and oxygen atoms in total. The number of aliphatic imine (C=N–C) groups is 1. The Bertz CT molecular complexity index is 727. The first-order valence-corrected chi connectivity index (χ1v) is 9.54. The van der Waals surface area contributed by atoms with Gasteiger partial charge in [-0.2, -0.15) is 0 Å². The minimum atomic E-state index is 0.573. The quantitative estimate of drug-likeness (QED) is 0.463. The van der Waals surface area contributed by atoms with Crippen LogP contribution >= 0.6 is 0 Å². The summed E-state index contributed by atoms with van der Waals surface area (Å²) in [4.78, 5) is 6.54. The van der Waals surface area contributed by atoms with Gasteiger partial charge in [0.2, 0.25) is 0 Å². The van der Waals surface area contributed by atoms with Crippen molar-refractivity contribution in [3.8, 4) is 16.9 Å². The molecule has 1 heterocycles. The van der Waals surface area contributed by atoms with Crippen LogP contribution in [0.2, 0.25) is 0 Å². The van der Waals surface area contributed by atoms with Crippen LogP contribution < -0.4 is 10.1 Å². The van der Waals surface area contributed by atoms with Crippen molar-refractivity contribution in [3.05, 3.63) is 54.6 Å². The third kappa shape index (κ3) is 5.47. The highest BCUT2D eigenvalue weighted by atomic mass is 16.5. The third-order valence-electron chi connectivity index (χ3n) is 4.74. The molecule has 0 radical (unpaired) electrons. The van der Waals surface area contributed by atoms with Gasteiger partial charge in [0.05, 0.1) is 13.2 Å². The summed E-state index contributed by atoms with van der Waals surface area (Å²) < 4.78 is 11.5. The molecule has 144 valence electrons. The number of benzene rings is 2. The smallest absolute Gasteiger partial charge is 0.193 e. The molecule has 0 bridgehead atoms. The van der Waals surface area contributed by atoms with Gasteiger partial charge in [-0.05, 0) is 18.1 Å². The van der Waals surface area contributed by atoms with E-state index in [-0.39, 0.29) is 0 Å². The molecule has 0 saturated carbocycles. The molecule has 2 aromatic carbocycles. The van der Waals surface area contributed by atoms with Gasteiger partial charge < -0.3 is 19.7 Å². The van der Waals surface area contributed by atoms with E-state index in [0.29, 0.717) is 19.1 Å². The normalized spacial score (nSPS) is 17.0. The Morgan fingerprint density at radius 2 is 1.96 bits per heavy atom. The van der Waals surface area contributed by atoms with Crippen LogP contribution in [0.15, 0.2) is 59.6 Å². The zero-order chi connectivity index (χ0) is 18.9. The average molecular weight is 367 g/mol. The van der Waals surface area contributed by atoms with Crippen molar-refractivity contribution in [1.29, 1.82) is 0 Å². The van der Waals surface area contributed by atoms with Gasteiger partial charge in [0.25, 0.3) is 0 Å². The zero-order valence-corrected chi connectivity index (χ0v) is 16.2. The maximum absolute atomic E-state index is 6.04. The predicted molar refractivity (Wildman–Crippen MR) is 110 cm³/mol. The van der Waals surface area contributed by atoms with Crippen LogP contribution in [0, 0.1) is 5.92 Å². The molecule has 1 unspecified atom stereocenters. The minimum Gasteiger partial charge on any atom is -0.491 e. The molecule has 2 aromatic rings. The number of ether oxygens (including phenoxy) is 2. The van der Waals surface area contributed by atoms with Gasteiger partial charge >= 0.3 is 0 Å². The maximum atomic E-state index is 6.04. The van der Waals surface area contributed by atoms with Crippen LogP contribution in [0.1, 0.15) is 6.42 Å². The minimum absolute atomic E-state index is 0.573. The molecule has 1 saturated heterocycles. The number of nitrogens with zero attached hydrogens (tertiary/aromatic N) is 2. The molecular weight excluding hydrogens is 338 g/mol. The summed E-state index contributed by atoms with van der Waals surface area (Å²) in [6.45, 7) is 3.95. The monoisotopic (exact) mass is 367 g/mol. The standard InChI is InChI=1S/C22H29N3O2/c1-23-22(25(2)16-18-12-14-26-17-18)24-13-15-27-21-11-7-6-10-20(21)19-8-4-3-5-9-19/h3-11,18H,12-17H2,1-2H3,(H,23,24). The van der Waals surface area contributed by atoms with Gasteiger partial charge in [0.1, 0.15) is 12.4 Å². The van der Waals surface area contributed by atoms with Gasteiger partial charge in [0, 0.05) is 38.7 Å². The van der Waals surface area contributed by atoms with Gasteiger partial charge in [0.15, 0.2) is 5.96 Å². The molecule has 1 aliphatic rings. The number of rotatable bonds is 7. The molecule has 0 aromatic heterocycles. The molecule has 1 fully saturated rings. The van der Waals surface area contributed by atoms with Crippen molar-refractivity contribution in [1.82, 2.24) is 10.2 Å². The highest BCUT2D eigenvalue weighted by Crippen LogP contribution is 2.29. The van der Waals surface area contributed by atoms with Crippen LogP contribution in [0.4, 0.5) is 0 Å². The molecule has 1 N–H and O–H groups in total. The van der Waals surface area contributed by atoms with Crippen LogP contribution in [0.25, 0.3) is 11.1 Å². The summed E-state index contributed by atoms with van der Waals surface area (Å²) in [5.74, 6) is 2.38. The number of nitrogens with one attached hydrogen (secondary N) is 1. The van der Waals surface area contributed by atoms with Crippen molar-refractivity contribution in [2.24, 2.45) is 10.9 Å². The van der Waals surface area contributed by atoms with Crippen molar-refractivity contribution >= 4 is 5.96 Å². The lowest BCUT2D eigenvalue weighted by atomic mass is 10.1. The summed E-state index contributed by atoms with van der Waals surface area (Å²) in [7, 11) is 3.88. The Labute approximate surface area is 162 Å². The van der Waals surface area contributed by atoms with E-state index >= 15 is 0 Å². The van der Waals surface area contributed by atoms with Crippen LogP contribution in [-0.4, -0.2) is 57.9 Å². The lowest BCUT2D eigenvalue weighted by Gasteiger charge is -2.24.